The average Bonchev–Trinajstić information content (AvgIpc) is 2.55. The van der Waals surface area contributed by atoms with Gasteiger partial charge < -0.3 is 4.90 Å². The first-order valence-electron chi connectivity index (χ1n) is 6.70. The molecule has 0 unspecified atom stereocenters. The topological polar surface area (TPSA) is 37.4 Å². The predicted molar refractivity (Wildman–Crippen MR) is 91.9 cm³/mol. The van der Waals surface area contributed by atoms with E-state index >= 15 is 0 Å². The van der Waals surface area contributed by atoms with Crippen LogP contribution in [0.2, 0.25) is 0 Å². The van der Waals surface area contributed by atoms with E-state index in [4.69, 9.17) is 11.6 Å². The van der Waals surface area contributed by atoms with Gasteiger partial charge in [0.05, 0.1) is 5.88 Å². The Hall–Kier alpha value is -1.78. The molecule has 5 heteroatoms. The molecule has 114 valence electrons. The summed E-state index contributed by atoms with van der Waals surface area (Å²) in [5, 5.41) is -0.00306. The van der Waals surface area contributed by atoms with E-state index in [2.05, 4.69) is 0 Å². The van der Waals surface area contributed by atoms with Gasteiger partial charge in [-0.2, -0.15) is 0 Å². The maximum atomic E-state index is 11.6. The van der Waals surface area contributed by atoms with Crippen LogP contribution < -0.4 is 0 Å². The van der Waals surface area contributed by atoms with Crippen LogP contribution in [0.4, 0.5) is 4.79 Å². The minimum Gasteiger partial charge on any atom is -0.339 e. The zero-order valence-corrected chi connectivity index (χ0v) is 13.9. The van der Waals surface area contributed by atoms with Crippen LogP contribution in [0.5, 0.6) is 0 Å². The number of hydrogen-bond acceptors (Lipinski definition) is 3. The summed E-state index contributed by atoms with van der Waals surface area (Å²) in [6.07, 6.45) is 0. The number of benzene rings is 2. The molecule has 0 radical (unpaired) electrons. The highest BCUT2D eigenvalue weighted by Gasteiger charge is 2.07. The van der Waals surface area contributed by atoms with Gasteiger partial charge >= 0.3 is 0 Å². The molecule has 0 bridgehead atoms. The van der Waals surface area contributed by atoms with Gasteiger partial charge in [0.25, 0.3) is 5.24 Å². The highest BCUT2D eigenvalue weighted by atomic mass is 35.5. The molecule has 22 heavy (non-hydrogen) atoms. The van der Waals surface area contributed by atoms with Gasteiger partial charge in [0, 0.05) is 24.6 Å². The van der Waals surface area contributed by atoms with E-state index < -0.39 is 0 Å². The van der Waals surface area contributed by atoms with Gasteiger partial charge in [-0.05, 0) is 35.0 Å². The number of alkyl halides is 1. The molecular formula is C17H16ClNO2S. The van der Waals surface area contributed by atoms with Crippen LogP contribution in [0, 0.1) is 0 Å². The second-order valence-corrected chi connectivity index (χ2v) is 6.21. The van der Waals surface area contributed by atoms with Gasteiger partial charge in [0.1, 0.15) is 0 Å². The maximum Gasteiger partial charge on any atom is 0.285 e. The first kappa shape index (κ1) is 16.6. The molecule has 0 spiro atoms. The van der Waals surface area contributed by atoms with Crippen molar-refractivity contribution in [3.05, 3.63) is 54.1 Å². The Morgan fingerprint density at radius 3 is 1.91 bits per heavy atom. The Kier molecular flexibility index (Phi) is 5.63. The zero-order chi connectivity index (χ0) is 16.1. The molecule has 3 nitrogen and oxygen atoms in total. The van der Waals surface area contributed by atoms with E-state index in [1.165, 1.54) is 11.8 Å². The van der Waals surface area contributed by atoms with Gasteiger partial charge in [-0.3, -0.25) is 9.59 Å². The number of carbonyl (C=O) groups excluding carboxylic acids is 2. The highest BCUT2D eigenvalue weighted by Crippen LogP contribution is 2.25. The molecule has 0 fully saturated rings. The minimum absolute atomic E-state index is 0.00306. The van der Waals surface area contributed by atoms with Crippen molar-refractivity contribution in [2.24, 2.45) is 0 Å². The summed E-state index contributed by atoms with van der Waals surface area (Å²) >= 11 is 6.73. The fraction of sp³-hybridized carbons (Fsp3) is 0.176. The molecule has 2 aromatic rings. The Morgan fingerprint density at radius 1 is 0.955 bits per heavy atom. The number of rotatable bonds is 4. The van der Waals surface area contributed by atoms with Crippen molar-refractivity contribution in [2.45, 2.75) is 4.90 Å². The molecule has 0 aliphatic carbocycles. The smallest absolute Gasteiger partial charge is 0.285 e. The lowest BCUT2D eigenvalue weighted by Gasteiger charge is -2.09. The lowest BCUT2D eigenvalue weighted by Crippen LogP contribution is -2.15. The summed E-state index contributed by atoms with van der Waals surface area (Å²) < 4.78 is 0. The first-order valence-corrected chi connectivity index (χ1v) is 8.05. The summed E-state index contributed by atoms with van der Waals surface area (Å²) in [7, 11) is 3.46. The van der Waals surface area contributed by atoms with Crippen LogP contribution in [-0.2, 0) is 0 Å². The number of halogens is 1. The number of hydrogen-bond donors (Lipinski definition) is 0. The van der Waals surface area contributed by atoms with Crippen LogP contribution in [0.3, 0.4) is 0 Å². The molecular weight excluding hydrogens is 318 g/mol. The molecule has 0 heterocycles. The Labute approximate surface area is 139 Å². The Morgan fingerprint density at radius 2 is 1.45 bits per heavy atom. The fourth-order valence-corrected chi connectivity index (χ4v) is 2.64. The number of carbonyl (C=O) groups is 2. The van der Waals surface area contributed by atoms with Crippen LogP contribution >= 0.6 is 23.4 Å². The normalized spacial score (nSPS) is 10.3. The summed E-state index contributed by atoms with van der Waals surface area (Å²) in [5.41, 5.74) is 2.66. The number of amides is 1. The maximum absolute atomic E-state index is 11.6. The molecule has 1 amide bonds. The van der Waals surface area contributed by atoms with E-state index in [1.807, 2.05) is 36.4 Å². The molecule has 0 aliphatic rings. The third kappa shape index (κ3) is 4.12. The Bertz CT molecular complexity index is 666. The number of nitrogens with zero attached hydrogens (tertiary/aromatic N) is 1. The molecule has 0 aromatic heterocycles. The predicted octanol–water partition coefficient (Wildman–Crippen LogP) is 4.55. The van der Waals surface area contributed by atoms with E-state index in [1.54, 1.807) is 31.1 Å². The van der Waals surface area contributed by atoms with E-state index in [9.17, 15) is 9.59 Å². The van der Waals surface area contributed by atoms with Crippen LogP contribution in [0.1, 0.15) is 10.4 Å². The number of Topliss-reactive ketones (excluding diaryl/α,β-unsaturated/α-hetero) is 1. The van der Waals surface area contributed by atoms with Crippen molar-refractivity contribution in [2.75, 3.05) is 20.0 Å². The molecule has 0 atom stereocenters. The van der Waals surface area contributed by atoms with Crippen molar-refractivity contribution in [1.82, 2.24) is 4.90 Å². The van der Waals surface area contributed by atoms with Crippen LogP contribution in [-0.4, -0.2) is 35.9 Å². The molecule has 0 saturated heterocycles. The molecule has 2 aromatic carbocycles. The molecule has 2 rings (SSSR count). The first-order chi connectivity index (χ1) is 10.5. The molecule has 0 aliphatic heterocycles. The number of thioether (sulfide) groups is 1. The van der Waals surface area contributed by atoms with Crippen molar-refractivity contribution in [3.8, 4) is 11.1 Å². The largest absolute Gasteiger partial charge is 0.339 e. The third-order valence-corrected chi connectivity index (χ3v) is 4.38. The standard InChI is InChI=1S/C17H16ClNO2S/c1-19(2)17(21)22-15-9-7-13(8-10-15)12-3-5-14(6-4-12)16(20)11-18/h3-10H,11H2,1-2H3. The van der Waals surface area contributed by atoms with Crippen molar-refractivity contribution < 1.29 is 9.59 Å². The van der Waals surface area contributed by atoms with Gasteiger partial charge in [-0.1, -0.05) is 36.4 Å². The lowest BCUT2D eigenvalue weighted by molar-refractivity contribution is 0.102. The van der Waals surface area contributed by atoms with E-state index in [0.29, 0.717) is 5.56 Å². The van der Waals surface area contributed by atoms with Crippen LogP contribution in [0.15, 0.2) is 53.4 Å². The van der Waals surface area contributed by atoms with Crippen molar-refractivity contribution >= 4 is 34.4 Å². The molecule has 0 N–H and O–H groups in total. The average molecular weight is 334 g/mol. The quantitative estimate of drug-likeness (QED) is 0.468. The third-order valence-electron chi connectivity index (χ3n) is 3.09. The van der Waals surface area contributed by atoms with Crippen LogP contribution in [0.25, 0.3) is 11.1 Å². The van der Waals surface area contributed by atoms with E-state index in [-0.39, 0.29) is 16.9 Å². The van der Waals surface area contributed by atoms with Crippen molar-refractivity contribution in [3.63, 3.8) is 0 Å². The van der Waals surface area contributed by atoms with Gasteiger partial charge in [-0.25, -0.2) is 0 Å². The van der Waals surface area contributed by atoms with E-state index in [0.717, 1.165) is 16.0 Å². The zero-order valence-electron chi connectivity index (χ0n) is 12.4. The summed E-state index contributed by atoms with van der Waals surface area (Å²) in [4.78, 5) is 25.6. The monoisotopic (exact) mass is 333 g/mol. The van der Waals surface area contributed by atoms with Gasteiger partial charge in [0.15, 0.2) is 5.78 Å². The lowest BCUT2D eigenvalue weighted by atomic mass is 10.0. The minimum atomic E-state index is -0.0813. The second-order valence-electron chi connectivity index (χ2n) is 4.92. The SMILES string of the molecule is CN(C)C(=O)Sc1ccc(-c2ccc(C(=O)CCl)cc2)cc1. The Balaban J connectivity index is 2.13. The highest BCUT2D eigenvalue weighted by molar-refractivity contribution is 8.13. The fourth-order valence-electron chi connectivity index (χ4n) is 1.83. The van der Waals surface area contributed by atoms with Crippen molar-refractivity contribution in [1.29, 1.82) is 0 Å². The van der Waals surface area contributed by atoms with Gasteiger partial charge in [0.2, 0.25) is 0 Å². The number of ketones is 1. The second kappa shape index (κ2) is 7.47. The van der Waals surface area contributed by atoms with Gasteiger partial charge in [-0.15, -0.1) is 11.6 Å². The summed E-state index contributed by atoms with van der Waals surface area (Å²) in [6.45, 7) is 0. The summed E-state index contributed by atoms with van der Waals surface area (Å²) in [6, 6.07) is 15.1. The molecule has 0 saturated carbocycles. The summed E-state index contributed by atoms with van der Waals surface area (Å²) in [5.74, 6) is -0.0901.